The van der Waals surface area contributed by atoms with Crippen molar-refractivity contribution in [2.75, 3.05) is 6.54 Å². The van der Waals surface area contributed by atoms with Gasteiger partial charge in [0.2, 0.25) is 0 Å². The van der Waals surface area contributed by atoms with Gasteiger partial charge in [-0.2, -0.15) is 0 Å². The van der Waals surface area contributed by atoms with E-state index >= 15 is 0 Å². The molecule has 0 spiro atoms. The number of hydrogen-bond acceptors (Lipinski definition) is 2. The van der Waals surface area contributed by atoms with E-state index in [9.17, 15) is 4.39 Å². The number of benzene rings is 1. The van der Waals surface area contributed by atoms with Crippen LogP contribution in [0, 0.1) is 17.7 Å². The molecule has 1 aromatic carbocycles. The monoisotopic (exact) mass is 189 g/mol. The molecule has 14 heavy (non-hydrogen) atoms. The third-order valence-electron chi connectivity index (χ3n) is 1.79. The van der Waals surface area contributed by atoms with Crippen LogP contribution < -0.4 is 5.73 Å². The highest BCUT2D eigenvalue weighted by Gasteiger charge is 2.01. The van der Waals surface area contributed by atoms with E-state index < -0.39 is 0 Å². The van der Waals surface area contributed by atoms with Gasteiger partial charge in [0.25, 0.3) is 0 Å². The Balaban J connectivity index is 2.51. The molecule has 0 atom stereocenters. The summed E-state index contributed by atoms with van der Waals surface area (Å²) in [6.07, 6.45) is 0. The Morgan fingerprint density at radius 3 is 3.00 bits per heavy atom. The van der Waals surface area contributed by atoms with Gasteiger partial charge < -0.3 is 10.2 Å². The predicted octanol–water partition coefficient (Wildman–Crippen LogP) is 1.88. The molecular formula is C11H8FNO. The maximum absolute atomic E-state index is 12.8. The summed E-state index contributed by atoms with van der Waals surface area (Å²) < 4.78 is 18.1. The summed E-state index contributed by atoms with van der Waals surface area (Å²) in [6, 6.07) is 6.04. The standard InChI is InChI=1S/C11H8FNO/c12-9-3-4-11-8(6-9)7-10(14-11)2-1-5-13/h3-4,6-7H,5,13H2. The van der Waals surface area contributed by atoms with Crippen LogP contribution >= 0.6 is 0 Å². The Morgan fingerprint density at radius 1 is 1.36 bits per heavy atom. The summed E-state index contributed by atoms with van der Waals surface area (Å²) in [5.41, 5.74) is 5.85. The topological polar surface area (TPSA) is 39.2 Å². The van der Waals surface area contributed by atoms with Gasteiger partial charge in [0.1, 0.15) is 11.4 Å². The van der Waals surface area contributed by atoms with E-state index in [1.807, 2.05) is 0 Å². The quantitative estimate of drug-likeness (QED) is 0.642. The van der Waals surface area contributed by atoms with Crippen LogP contribution in [0.25, 0.3) is 11.0 Å². The lowest BCUT2D eigenvalue weighted by Crippen LogP contribution is -1.92. The molecule has 0 radical (unpaired) electrons. The molecule has 0 saturated carbocycles. The van der Waals surface area contributed by atoms with Gasteiger partial charge in [0.05, 0.1) is 6.54 Å². The second-order valence-corrected chi connectivity index (χ2v) is 2.80. The van der Waals surface area contributed by atoms with Gasteiger partial charge in [-0.15, -0.1) is 0 Å². The summed E-state index contributed by atoms with van der Waals surface area (Å²) in [5, 5.41) is 0.714. The van der Waals surface area contributed by atoms with Crippen LogP contribution in [-0.2, 0) is 0 Å². The largest absolute Gasteiger partial charge is 0.448 e. The average molecular weight is 189 g/mol. The van der Waals surface area contributed by atoms with Gasteiger partial charge in [0, 0.05) is 11.5 Å². The molecule has 0 saturated heterocycles. The van der Waals surface area contributed by atoms with E-state index in [0.717, 1.165) is 0 Å². The van der Waals surface area contributed by atoms with Crippen molar-refractivity contribution in [3.05, 3.63) is 35.8 Å². The Bertz CT molecular complexity index is 519. The van der Waals surface area contributed by atoms with Gasteiger partial charge in [0.15, 0.2) is 5.76 Å². The summed E-state index contributed by atoms with van der Waals surface area (Å²) >= 11 is 0. The Kier molecular flexibility index (Phi) is 2.21. The molecule has 3 heteroatoms. The number of rotatable bonds is 0. The first-order valence-electron chi connectivity index (χ1n) is 4.17. The van der Waals surface area contributed by atoms with Crippen molar-refractivity contribution in [3.63, 3.8) is 0 Å². The van der Waals surface area contributed by atoms with Crippen LogP contribution in [0.2, 0.25) is 0 Å². The first-order valence-corrected chi connectivity index (χ1v) is 4.17. The highest BCUT2D eigenvalue weighted by Crippen LogP contribution is 2.19. The van der Waals surface area contributed by atoms with Gasteiger partial charge in [-0.3, -0.25) is 0 Å². The zero-order chi connectivity index (χ0) is 9.97. The molecular weight excluding hydrogens is 181 g/mol. The van der Waals surface area contributed by atoms with Crippen LogP contribution in [0.1, 0.15) is 5.76 Å². The lowest BCUT2D eigenvalue weighted by molar-refractivity contribution is 0.597. The normalized spacial score (nSPS) is 9.86. The third kappa shape index (κ3) is 1.61. The van der Waals surface area contributed by atoms with Crippen LogP contribution in [-0.4, -0.2) is 6.54 Å². The van der Waals surface area contributed by atoms with Crippen molar-refractivity contribution in [2.24, 2.45) is 5.73 Å². The van der Waals surface area contributed by atoms with Crippen molar-refractivity contribution in [1.82, 2.24) is 0 Å². The van der Waals surface area contributed by atoms with Gasteiger partial charge >= 0.3 is 0 Å². The molecule has 0 aliphatic rings. The summed E-state index contributed by atoms with van der Waals surface area (Å²) in [7, 11) is 0. The van der Waals surface area contributed by atoms with E-state index in [-0.39, 0.29) is 12.4 Å². The molecule has 1 aromatic heterocycles. The van der Waals surface area contributed by atoms with Gasteiger partial charge in [-0.1, -0.05) is 5.92 Å². The number of furan rings is 1. The number of hydrogen-bond donors (Lipinski definition) is 1. The van der Waals surface area contributed by atoms with Crippen molar-refractivity contribution in [2.45, 2.75) is 0 Å². The SMILES string of the molecule is NCC#Cc1cc2cc(F)ccc2o1. The van der Waals surface area contributed by atoms with Crippen LogP contribution in [0.15, 0.2) is 28.7 Å². The van der Waals surface area contributed by atoms with Crippen LogP contribution in [0.4, 0.5) is 4.39 Å². The number of halogens is 1. The molecule has 0 fully saturated rings. The Labute approximate surface area is 80.5 Å². The number of fused-ring (bicyclic) bond motifs is 1. The highest BCUT2D eigenvalue weighted by atomic mass is 19.1. The highest BCUT2D eigenvalue weighted by molar-refractivity contribution is 5.78. The van der Waals surface area contributed by atoms with Crippen molar-refractivity contribution < 1.29 is 8.81 Å². The molecule has 0 aliphatic carbocycles. The molecule has 0 aliphatic heterocycles. The third-order valence-corrected chi connectivity index (χ3v) is 1.79. The number of nitrogens with two attached hydrogens (primary N) is 1. The summed E-state index contributed by atoms with van der Waals surface area (Å²) in [5.74, 6) is 5.65. The van der Waals surface area contributed by atoms with E-state index in [0.29, 0.717) is 16.7 Å². The first kappa shape index (κ1) is 8.79. The molecule has 2 N–H and O–H groups in total. The summed E-state index contributed by atoms with van der Waals surface area (Å²) in [6.45, 7) is 0.283. The Morgan fingerprint density at radius 2 is 2.21 bits per heavy atom. The maximum Gasteiger partial charge on any atom is 0.178 e. The molecule has 0 unspecified atom stereocenters. The van der Waals surface area contributed by atoms with E-state index in [4.69, 9.17) is 10.2 Å². The minimum absolute atomic E-state index is 0.281. The van der Waals surface area contributed by atoms with E-state index in [1.54, 1.807) is 12.1 Å². The van der Waals surface area contributed by atoms with Crippen LogP contribution in [0.5, 0.6) is 0 Å². The van der Waals surface area contributed by atoms with Gasteiger partial charge in [-0.05, 0) is 24.1 Å². The van der Waals surface area contributed by atoms with Crippen molar-refractivity contribution >= 4 is 11.0 Å². The second-order valence-electron chi connectivity index (χ2n) is 2.80. The Hall–Kier alpha value is -1.79. The zero-order valence-electron chi connectivity index (χ0n) is 7.38. The predicted molar refractivity (Wildman–Crippen MR) is 52.1 cm³/mol. The zero-order valence-corrected chi connectivity index (χ0v) is 7.38. The molecule has 2 aromatic rings. The van der Waals surface area contributed by atoms with E-state index in [2.05, 4.69) is 11.8 Å². The molecule has 70 valence electrons. The average Bonchev–Trinajstić information content (AvgIpc) is 2.56. The molecule has 0 bridgehead atoms. The fourth-order valence-corrected chi connectivity index (χ4v) is 1.21. The first-order chi connectivity index (χ1) is 6.79. The minimum atomic E-state index is -0.281. The second kappa shape index (κ2) is 3.52. The fourth-order valence-electron chi connectivity index (χ4n) is 1.21. The lowest BCUT2D eigenvalue weighted by atomic mass is 10.2. The minimum Gasteiger partial charge on any atom is -0.448 e. The maximum atomic E-state index is 12.8. The molecule has 1 heterocycles. The van der Waals surface area contributed by atoms with Crippen molar-refractivity contribution in [1.29, 1.82) is 0 Å². The molecule has 2 rings (SSSR count). The fraction of sp³-hybridized carbons (Fsp3) is 0.0909. The molecule has 0 amide bonds. The molecule has 2 nitrogen and oxygen atoms in total. The van der Waals surface area contributed by atoms with Gasteiger partial charge in [-0.25, -0.2) is 4.39 Å². The summed E-state index contributed by atoms with van der Waals surface area (Å²) in [4.78, 5) is 0. The van der Waals surface area contributed by atoms with Crippen molar-refractivity contribution in [3.8, 4) is 11.8 Å². The van der Waals surface area contributed by atoms with E-state index in [1.165, 1.54) is 12.1 Å². The van der Waals surface area contributed by atoms with Crippen LogP contribution in [0.3, 0.4) is 0 Å². The smallest absolute Gasteiger partial charge is 0.178 e. The lowest BCUT2D eigenvalue weighted by Gasteiger charge is -1.86.